The van der Waals surface area contributed by atoms with E-state index in [9.17, 15) is 0 Å². The normalized spacial score (nSPS) is 14.3. The van der Waals surface area contributed by atoms with Gasteiger partial charge in [-0.1, -0.05) is 19.0 Å². The number of nitrogens with zero attached hydrogens (tertiary/aromatic N) is 3. The van der Waals surface area contributed by atoms with Crippen LogP contribution in [0.1, 0.15) is 61.1 Å². The van der Waals surface area contributed by atoms with Crippen LogP contribution in [0.2, 0.25) is 0 Å². The number of rotatable bonds is 4. The van der Waals surface area contributed by atoms with E-state index in [2.05, 4.69) is 34.3 Å². The van der Waals surface area contributed by atoms with Crippen molar-refractivity contribution in [1.29, 1.82) is 0 Å². The van der Waals surface area contributed by atoms with Gasteiger partial charge in [0.15, 0.2) is 5.76 Å². The van der Waals surface area contributed by atoms with Gasteiger partial charge >= 0.3 is 0 Å². The zero-order valence-electron chi connectivity index (χ0n) is 12.9. The van der Waals surface area contributed by atoms with Crippen LogP contribution < -0.4 is 5.32 Å². The Balaban J connectivity index is 1.76. The molecule has 0 atom stereocenters. The third-order valence-corrected chi connectivity index (χ3v) is 3.89. The predicted molar refractivity (Wildman–Crippen MR) is 81.3 cm³/mol. The number of aryl methyl sites for hydroxylation is 2. The number of fused-ring (bicyclic) bond motifs is 1. The fourth-order valence-corrected chi connectivity index (χ4v) is 2.72. The Kier molecular flexibility index (Phi) is 3.90. The van der Waals surface area contributed by atoms with Crippen LogP contribution in [0, 0.1) is 6.92 Å². The first kappa shape index (κ1) is 14.0. The van der Waals surface area contributed by atoms with Crippen LogP contribution in [-0.2, 0) is 19.4 Å². The van der Waals surface area contributed by atoms with Crippen molar-refractivity contribution in [2.45, 2.75) is 58.9 Å². The summed E-state index contributed by atoms with van der Waals surface area (Å²) in [6.07, 6.45) is 4.56. The smallest absolute Gasteiger partial charge is 0.156 e. The van der Waals surface area contributed by atoms with E-state index in [0.717, 1.165) is 35.9 Å². The summed E-state index contributed by atoms with van der Waals surface area (Å²) in [6.45, 7) is 6.78. The van der Waals surface area contributed by atoms with Crippen LogP contribution in [0.15, 0.2) is 10.6 Å². The predicted octanol–water partition coefficient (Wildman–Crippen LogP) is 3.39. The summed E-state index contributed by atoms with van der Waals surface area (Å²) >= 11 is 0. The van der Waals surface area contributed by atoms with Crippen molar-refractivity contribution >= 4 is 5.82 Å². The monoisotopic (exact) mass is 286 g/mol. The molecule has 112 valence electrons. The minimum absolute atomic E-state index is 0.386. The highest BCUT2D eigenvalue weighted by Gasteiger charge is 2.17. The summed E-state index contributed by atoms with van der Waals surface area (Å²) in [5, 5.41) is 7.48. The molecule has 0 fully saturated rings. The van der Waals surface area contributed by atoms with Crippen molar-refractivity contribution in [1.82, 2.24) is 15.1 Å². The first-order chi connectivity index (χ1) is 10.1. The second-order valence-corrected chi connectivity index (χ2v) is 5.98. The van der Waals surface area contributed by atoms with Gasteiger partial charge in [-0.2, -0.15) is 0 Å². The molecule has 0 bridgehead atoms. The minimum Gasteiger partial charge on any atom is -0.362 e. The van der Waals surface area contributed by atoms with E-state index in [1.54, 1.807) is 0 Å². The topological polar surface area (TPSA) is 63.8 Å². The molecule has 0 saturated carbocycles. The lowest BCUT2D eigenvalue weighted by Gasteiger charge is -2.18. The summed E-state index contributed by atoms with van der Waals surface area (Å²) in [5.74, 6) is 3.02. The summed E-state index contributed by atoms with van der Waals surface area (Å²) in [4.78, 5) is 9.13. The molecule has 1 aliphatic carbocycles. The maximum atomic E-state index is 5.37. The van der Waals surface area contributed by atoms with Gasteiger partial charge in [-0.25, -0.2) is 9.97 Å². The fraction of sp³-hybridized carbons (Fsp3) is 0.562. The highest BCUT2D eigenvalue weighted by Crippen LogP contribution is 2.26. The highest BCUT2D eigenvalue weighted by molar-refractivity contribution is 5.48. The Labute approximate surface area is 125 Å². The molecular weight excluding hydrogens is 264 g/mol. The SMILES string of the molecule is Cc1nc2c(c(NCc3cc(C(C)C)no3)n1)CCCC2. The first-order valence-corrected chi connectivity index (χ1v) is 7.69. The molecule has 0 aromatic carbocycles. The molecule has 0 amide bonds. The molecule has 0 radical (unpaired) electrons. The van der Waals surface area contributed by atoms with Gasteiger partial charge in [0.1, 0.15) is 11.6 Å². The maximum absolute atomic E-state index is 5.37. The van der Waals surface area contributed by atoms with E-state index >= 15 is 0 Å². The standard InChI is InChI=1S/C16H22N4O/c1-10(2)15-8-12(21-20-15)9-17-16-13-6-4-5-7-14(13)18-11(3)19-16/h8,10H,4-7,9H2,1-3H3,(H,17,18,19). The Hall–Kier alpha value is -1.91. The van der Waals surface area contributed by atoms with Gasteiger partial charge in [0, 0.05) is 17.3 Å². The first-order valence-electron chi connectivity index (χ1n) is 7.69. The molecule has 2 aromatic heterocycles. The van der Waals surface area contributed by atoms with Gasteiger partial charge in [0.25, 0.3) is 0 Å². The molecule has 1 N–H and O–H groups in total. The van der Waals surface area contributed by atoms with Crippen molar-refractivity contribution in [3.63, 3.8) is 0 Å². The summed E-state index contributed by atoms with van der Waals surface area (Å²) in [6, 6.07) is 2.01. The van der Waals surface area contributed by atoms with Gasteiger partial charge in [0.2, 0.25) is 0 Å². The Bertz CT molecular complexity index is 633. The molecule has 21 heavy (non-hydrogen) atoms. The molecule has 0 aliphatic heterocycles. The maximum Gasteiger partial charge on any atom is 0.156 e. The molecule has 2 heterocycles. The average molecular weight is 286 g/mol. The lowest BCUT2D eigenvalue weighted by molar-refractivity contribution is 0.379. The lowest BCUT2D eigenvalue weighted by atomic mass is 9.96. The Morgan fingerprint density at radius 3 is 2.81 bits per heavy atom. The summed E-state index contributed by atoms with van der Waals surface area (Å²) in [7, 11) is 0. The quantitative estimate of drug-likeness (QED) is 0.933. The molecule has 0 unspecified atom stereocenters. The molecule has 0 spiro atoms. The number of nitrogens with one attached hydrogen (secondary N) is 1. The molecule has 2 aromatic rings. The van der Waals surface area contributed by atoms with Gasteiger partial charge in [0.05, 0.1) is 12.2 Å². The highest BCUT2D eigenvalue weighted by atomic mass is 16.5. The zero-order chi connectivity index (χ0) is 14.8. The van der Waals surface area contributed by atoms with Crippen molar-refractivity contribution in [2.24, 2.45) is 0 Å². The Morgan fingerprint density at radius 1 is 1.24 bits per heavy atom. The van der Waals surface area contributed by atoms with Gasteiger partial charge in [-0.3, -0.25) is 0 Å². The molecule has 1 aliphatic rings. The molecule has 5 heteroatoms. The number of anilines is 1. The second-order valence-electron chi connectivity index (χ2n) is 5.98. The van der Waals surface area contributed by atoms with Crippen LogP contribution in [-0.4, -0.2) is 15.1 Å². The third-order valence-electron chi connectivity index (χ3n) is 3.89. The third kappa shape index (κ3) is 3.06. The van der Waals surface area contributed by atoms with Crippen molar-refractivity contribution in [2.75, 3.05) is 5.32 Å². The zero-order valence-corrected chi connectivity index (χ0v) is 12.9. The number of aromatic nitrogens is 3. The minimum atomic E-state index is 0.386. The summed E-state index contributed by atoms with van der Waals surface area (Å²) in [5.41, 5.74) is 3.47. The molecule has 3 rings (SSSR count). The van der Waals surface area contributed by atoms with Crippen molar-refractivity contribution in [3.05, 3.63) is 34.6 Å². The van der Waals surface area contributed by atoms with E-state index in [4.69, 9.17) is 4.52 Å². The molecule has 5 nitrogen and oxygen atoms in total. The molecular formula is C16H22N4O. The van der Waals surface area contributed by atoms with E-state index in [-0.39, 0.29) is 0 Å². The van der Waals surface area contributed by atoms with Gasteiger partial charge in [-0.15, -0.1) is 0 Å². The lowest BCUT2D eigenvalue weighted by Crippen LogP contribution is -2.13. The number of hydrogen-bond donors (Lipinski definition) is 1. The van der Waals surface area contributed by atoms with Gasteiger partial charge < -0.3 is 9.84 Å². The number of hydrogen-bond acceptors (Lipinski definition) is 5. The fourth-order valence-electron chi connectivity index (χ4n) is 2.72. The van der Waals surface area contributed by atoms with E-state index in [1.807, 2.05) is 13.0 Å². The van der Waals surface area contributed by atoms with Gasteiger partial charge in [-0.05, 0) is 38.5 Å². The van der Waals surface area contributed by atoms with Crippen LogP contribution in [0.3, 0.4) is 0 Å². The van der Waals surface area contributed by atoms with Crippen LogP contribution >= 0.6 is 0 Å². The average Bonchev–Trinajstić information content (AvgIpc) is 2.93. The van der Waals surface area contributed by atoms with Crippen LogP contribution in [0.4, 0.5) is 5.82 Å². The van der Waals surface area contributed by atoms with Crippen LogP contribution in [0.5, 0.6) is 0 Å². The van der Waals surface area contributed by atoms with E-state index in [0.29, 0.717) is 12.5 Å². The Morgan fingerprint density at radius 2 is 2.05 bits per heavy atom. The summed E-state index contributed by atoms with van der Waals surface area (Å²) < 4.78 is 5.37. The second kappa shape index (κ2) is 5.84. The largest absolute Gasteiger partial charge is 0.362 e. The van der Waals surface area contributed by atoms with Crippen LogP contribution in [0.25, 0.3) is 0 Å². The van der Waals surface area contributed by atoms with Crippen molar-refractivity contribution in [3.8, 4) is 0 Å². The van der Waals surface area contributed by atoms with Crippen molar-refractivity contribution < 1.29 is 4.52 Å². The van der Waals surface area contributed by atoms with E-state index < -0.39 is 0 Å². The molecule has 0 saturated heterocycles. The van der Waals surface area contributed by atoms with E-state index in [1.165, 1.54) is 24.1 Å².